The highest BCUT2D eigenvalue weighted by Crippen LogP contribution is 2.31. The molecule has 0 aliphatic heterocycles. The largest absolute Gasteiger partial charge is 0.485 e. The van der Waals surface area contributed by atoms with Gasteiger partial charge in [0, 0.05) is 7.11 Å². The van der Waals surface area contributed by atoms with Gasteiger partial charge in [-0.1, -0.05) is 106 Å². The van der Waals surface area contributed by atoms with Crippen molar-refractivity contribution in [3.8, 4) is 11.5 Å². The Morgan fingerprint density at radius 2 is 1.39 bits per heavy atom. The zero-order valence-electron chi connectivity index (χ0n) is 20.1. The van der Waals surface area contributed by atoms with E-state index in [0.29, 0.717) is 19.1 Å². The first-order chi connectivity index (χ1) is 16.2. The Labute approximate surface area is 199 Å². The van der Waals surface area contributed by atoms with E-state index in [0.717, 1.165) is 34.6 Å². The molecule has 0 fully saturated rings. The molecule has 0 bridgehead atoms. The first-order valence-electron chi connectivity index (χ1n) is 11.9. The maximum absolute atomic E-state index is 6.20. The summed E-state index contributed by atoms with van der Waals surface area (Å²) in [7, 11) is 1.78. The second-order valence-corrected chi connectivity index (χ2v) is 8.43. The summed E-state index contributed by atoms with van der Waals surface area (Å²) in [6, 6.07) is 26.5. The van der Waals surface area contributed by atoms with Gasteiger partial charge >= 0.3 is 0 Å². The summed E-state index contributed by atoms with van der Waals surface area (Å²) in [5, 5.41) is 0. The van der Waals surface area contributed by atoms with Gasteiger partial charge in [0.25, 0.3) is 0 Å². The van der Waals surface area contributed by atoms with Gasteiger partial charge in [0.05, 0.1) is 6.10 Å². The lowest BCUT2D eigenvalue weighted by atomic mass is 9.97. The predicted octanol–water partition coefficient (Wildman–Crippen LogP) is 7.70. The van der Waals surface area contributed by atoms with E-state index in [1.807, 2.05) is 48.5 Å². The van der Waals surface area contributed by atoms with Crippen molar-refractivity contribution in [3.63, 3.8) is 0 Å². The third-order valence-corrected chi connectivity index (χ3v) is 5.77. The van der Waals surface area contributed by atoms with E-state index < -0.39 is 0 Å². The van der Waals surface area contributed by atoms with Crippen LogP contribution < -0.4 is 9.47 Å². The summed E-state index contributed by atoms with van der Waals surface area (Å²) < 4.78 is 18.1. The lowest BCUT2D eigenvalue weighted by molar-refractivity contribution is 0.0925. The van der Waals surface area contributed by atoms with Gasteiger partial charge in [-0.05, 0) is 41.2 Å². The highest BCUT2D eigenvalue weighted by Gasteiger charge is 2.13. The van der Waals surface area contributed by atoms with E-state index in [1.54, 1.807) is 7.11 Å². The molecule has 0 N–H and O–H groups in total. The molecule has 0 aromatic heterocycles. The Morgan fingerprint density at radius 1 is 0.788 bits per heavy atom. The Balaban J connectivity index is 1.75. The molecule has 3 heteroatoms. The Hall–Kier alpha value is -3.04. The van der Waals surface area contributed by atoms with Gasteiger partial charge in [-0.15, -0.1) is 0 Å². The van der Waals surface area contributed by atoms with Crippen molar-refractivity contribution in [1.82, 2.24) is 0 Å². The number of benzene rings is 3. The van der Waals surface area contributed by atoms with Crippen molar-refractivity contribution in [3.05, 3.63) is 102 Å². The molecule has 0 spiro atoms. The molecule has 33 heavy (non-hydrogen) atoms. The summed E-state index contributed by atoms with van der Waals surface area (Å²) in [5.74, 6) is 1.96. The molecular weight excluding hydrogens is 408 g/mol. The molecular formula is C30H36O3. The van der Waals surface area contributed by atoms with Gasteiger partial charge in [-0.3, -0.25) is 0 Å². The molecule has 174 valence electrons. The Kier molecular flexibility index (Phi) is 10.1. The third kappa shape index (κ3) is 8.11. The number of ether oxygens (including phenoxy) is 3. The topological polar surface area (TPSA) is 27.7 Å². The summed E-state index contributed by atoms with van der Waals surface area (Å²) >= 11 is 0. The van der Waals surface area contributed by atoms with E-state index in [2.05, 4.69) is 56.3 Å². The van der Waals surface area contributed by atoms with E-state index in [9.17, 15) is 0 Å². The molecule has 0 heterocycles. The normalized spacial score (nSPS) is 13.1. The number of hydrogen-bond donors (Lipinski definition) is 0. The molecule has 3 rings (SSSR count). The fraction of sp³-hybridized carbons (Fsp3) is 0.333. The van der Waals surface area contributed by atoms with Crippen molar-refractivity contribution >= 4 is 6.08 Å². The maximum atomic E-state index is 6.20. The van der Waals surface area contributed by atoms with E-state index in [4.69, 9.17) is 14.2 Å². The number of rotatable bonds is 13. The third-order valence-electron chi connectivity index (χ3n) is 5.77. The first kappa shape index (κ1) is 24.6. The minimum absolute atomic E-state index is 0.0965. The Morgan fingerprint density at radius 3 is 1.97 bits per heavy atom. The average Bonchev–Trinajstić information content (AvgIpc) is 2.87. The SMILES string of the molecule is CCCCC(C)C(C=Cc1ccc(OCc2ccccc2)c(OCc2ccccc2)c1)OC. The van der Waals surface area contributed by atoms with Crippen molar-refractivity contribution in [2.75, 3.05) is 7.11 Å². The van der Waals surface area contributed by atoms with E-state index >= 15 is 0 Å². The standard InChI is InChI=1S/C30H36O3/c1-4-5-12-24(2)28(31-3)19-17-25-18-20-29(32-22-26-13-8-6-9-14-26)30(21-25)33-23-27-15-10-7-11-16-27/h6-11,13-21,24,28H,4-5,12,22-23H2,1-3H3. The highest BCUT2D eigenvalue weighted by atomic mass is 16.5. The lowest BCUT2D eigenvalue weighted by Gasteiger charge is -2.19. The first-order valence-corrected chi connectivity index (χ1v) is 11.9. The van der Waals surface area contributed by atoms with Crippen LogP contribution in [0.15, 0.2) is 84.9 Å². The van der Waals surface area contributed by atoms with Crippen LogP contribution in [0.2, 0.25) is 0 Å². The molecule has 3 aromatic carbocycles. The van der Waals surface area contributed by atoms with E-state index in [1.165, 1.54) is 12.8 Å². The van der Waals surface area contributed by atoms with Crippen LogP contribution in [0.3, 0.4) is 0 Å². The van der Waals surface area contributed by atoms with Crippen LogP contribution in [0.1, 0.15) is 49.8 Å². The Bertz CT molecular complexity index is 966. The predicted molar refractivity (Wildman–Crippen MR) is 137 cm³/mol. The van der Waals surface area contributed by atoms with Gasteiger partial charge in [-0.25, -0.2) is 0 Å². The molecule has 0 amide bonds. The summed E-state index contributed by atoms with van der Waals surface area (Å²) in [4.78, 5) is 0. The summed E-state index contributed by atoms with van der Waals surface area (Å²) in [6.07, 6.45) is 7.96. The second-order valence-electron chi connectivity index (χ2n) is 8.43. The zero-order chi connectivity index (χ0) is 23.3. The van der Waals surface area contributed by atoms with Crippen molar-refractivity contribution in [2.24, 2.45) is 5.92 Å². The minimum Gasteiger partial charge on any atom is -0.485 e. The van der Waals surface area contributed by atoms with Crippen molar-refractivity contribution in [1.29, 1.82) is 0 Å². The van der Waals surface area contributed by atoms with Crippen molar-refractivity contribution in [2.45, 2.75) is 52.4 Å². The van der Waals surface area contributed by atoms with Crippen LogP contribution in [0.25, 0.3) is 6.08 Å². The molecule has 0 radical (unpaired) electrons. The number of hydrogen-bond acceptors (Lipinski definition) is 3. The second kappa shape index (κ2) is 13.5. The van der Waals surface area contributed by atoms with Crippen LogP contribution in [0, 0.1) is 5.92 Å². The van der Waals surface area contributed by atoms with Crippen molar-refractivity contribution < 1.29 is 14.2 Å². The molecule has 3 nitrogen and oxygen atoms in total. The average molecular weight is 445 g/mol. The number of methoxy groups -OCH3 is 1. The fourth-order valence-electron chi connectivity index (χ4n) is 3.73. The van der Waals surface area contributed by atoms with E-state index in [-0.39, 0.29) is 6.10 Å². The maximum Gasteiger partial charge on any atom is 0.162 e. The molecule has 3 aromatic rings. The number of unbranched alkanes of at least 4 members (excludes halogenated alkanes) is 1. The minimum atomic E-state index is 0.0965. The molecule has 2 atom stereocenters. The zero-order valence-corrected chi connectivity index (χ0v) is 20.1. The molecule has 0 saturated carbocycles. The fourth-order valence-corrected chi connectivity index (χ4v) is 3.73. The van der Waals surface area contributed by atoms with Gasteiger partial charge in [0.2, 0.25) is 0 Å². The van der Waals surface area contributed by atoms with Crippen LogP contribution in [0.5, 0.6) is 11.5 Å². The van der Waals surface area contributed by atoms with Gasteiger partial charge in [0.1, 0.15) is 13.2 Å². The lowest BCUT2D eigenvalue weighted by Crippen LogP contribution is -2.17. The van der Waals surface area contributed by atoms with Crippen LogP contribution in [-0.2, 0) is 18.0 Å². The van der Waals surface area contributed by atoms with Crippen LogP contribution in [0.4, 0.5) is 0 Å². The summed E-state index contributed by atoms with van der Waals surface area (Å²) in [5.41, 5.74) is 3.31. The van der Waals surface area contributed by atoms with Gasteiger partial charge in [0.15, 0.2) is 11.5 Å². The molecule has 0 aliphatic carbocycles. The quantitative estimate of drug-likeness (QED) is 0.270. The molecule has 0 saturated heterocycles. The van der Waals surface area contributed by atoms with Crippen LogP contribution in [-0.4, -0.2) is 13.2 Å². The van der Waals surface area contributed by atoms with Crippen LogP contribution >= 0.6 is 0 Å². The summed E-state index contributed by atoms with van der Waals surface area (Å²) in [6.45, 7) is 5.47. The molecule has 2 unspecified atom stereocenters. The van der Waals surface area contributed by atoms with Gasteiger partial charge < -0.3 is 14.2 Å². The molecule has 0 aliphatic rings. The monoisotopic (exact) mass is 444 g/mol. The van der Waals surface area contributed by atoms with Gasteiger partial charge in [-0.2, -0.15) is 0 Å². The smallest absolute Gasteiger partial charge is 0.162 e. The highest BCUT2D eigenvalue weighted by molar-refractivity contribution is 5.56.